The Labute approximate surface area is 169 Å². The quantitative estimate of drug-likeness (QED) is 0.342. The number of anilines is 1. The normalized spacial score (nSPS) is 11.0. The lowest BCUT2D eigenvalue weighted by atomic mass is 10.2. The van der Waals surface area contributed by atoms with Crippen LogP contribution in [0.25, 0.3) is 0 Å². The van der Waals surface area contributed by atoms with Gasteiger partial charge in [0.1, 0.15) is 11.4 Å². The third-order valence-electron chi connectivity index (χ3n) is 4.06. The SMILES string of the molecule is CCc1ccc(OCC(=O)NCCNc2ccc(S(C)(=O)=O)cc2[N+](=O)[O-])cc1. The Kier molecular flexibility index (Phi) is 7.54. The van der Waals surface area contributed by atoms with Gasteiger partial charge in [-0.3, -0.25) is 14.9 Å². The average molecular weight is 421 g/mol. The van der Waals surface area contributed by atoms with E-state index in [4.69, 9.17) is 4.74 Å². The van der Waals surface area contributed by atoms with Gasteiger partial charge in [-0.15, -0.1) is 0 Å². The number of ether oxygens (including phenoxy) is 1. The predicted molar refractivity (Wildman–Crippen MR) is 109 cm³/mol. The number of nitro groups is 1. The van der Waals surface area contributed by atoms with Crippen LogP contribution in [0.1, 0.15) is 12.5 Å². The number of aryl methyl sites for hydroxylation is 1. The zero-order chi connectivity index (χ0) is 21.4. The summed E-state index contributed by atoms with van der Waals surface area (Å²) < 4.78 is 28.5. The molecular formula is C19H23N3O6S. The van der Waals surface area contributed by atoms with E-state index in [1.54, 1.807) is 12.1 Å². The minimum atomic E-state index is -3.55. The van der Waals surface area contributed by atoms with Crippen LogP contribution in [0.3, 0.4) is 0 Å². The van der Waals surface area contributed by atoms with Crippen LogP contribution in [0, 0.1) is 10.1 Å². The number of amides is 1. The Morgan fingerprint density at radius 1 is 1.14 bits per heavy atom. The highest BCUT2D eigenvalue weighted by atomic mass is 32.2. The zero-order valence-corrected chi connectivity index (χ0v) is 17.0. The van der Waals surface area contributed by atoms with E-state index in [-0.39, 0.29) is 41.9 Å². The summed E-state index contributed by atoms with van der Waals surface area (Å²) in [6, 6.07) is 11.1. The fourth-order valence-electron chi connectivity index (χ4n) is 2.46. The van der Waals surface area contributed by atoms with Crippen LogP contribution in [-0.4, -0.2) is 45.2 Å². The van der Waals surface area contributed by atoms with Crippen molar-refractivity contribution in [2.75, 3.05) is 31.3 Å². The molecule has 2 aromatic carbocycles. The highest BCUT2D eigenvalue weighted by Gasteiger charge is 2.18. The van der Waals surface area contributed by atoms with Gasteiger partial charge < -0.3 is 15.4 Å². The fraction of sp³-hybridized carbons (Fsp3) is 0.316. The third-order valence-corrected chi connectivity index (χ3v) is 5.17. The summed E-state index contributed by atoms with van der Waals surface area (Å²) >= 11 is 0. The molecule has 0 spiro atoms. The monoisotopic (exact) mass is 421 g/mol. The van der Waals surface area contributed by atoms with Crippen molar-refractivity contribution in [2.24, 2.45) is 0 Å². The molecule has 2 N–H and O–H groups in total. The van der Waals surface area contributed by atoms with E-state index in [9.17, 15) is 23.3 Å². The number of carbonyl (C=O) groups is 1. The maximum atomic E-state index is 11.8. The number of rotatable bonds is 10. The van der Waals surface area contributed by atoms with Gasteiger partial charge in [0.05, 0.1) is 9.82 Å². The van der Waals surface area contributed by atoms with Crippen LogP contribution in [0.2, 0.25) is 0 Å². The van der Waals surface area contributed by atoms with Crippen LogP contribution >= 0.6 is 0 Å². The highest BCUT2D eigenvalue weighted by Crippen LogP contribution is 2.27. The van der Waals surface area contributed by atoms with Crippen molar-refractivity contribution in [3.8, 4) is 5.75 Å². The van der Waals surface area contributed by atoms with Crippen molar-refractivity contribution in [3.63, 3.8) is 0 Å². The molecule has 1 amide bonds. The van der Waals surface area contributed by atoms with Crippen LogP contribution in [0.5, 0.6) is 5.75 Å². The molecule has 9 nitrogen and oxygen atoms in total. The molecule has 0 unspecified atom stereocenters. The molecule has 0 saturated heterocycles. The number of nitrogens with zero attached hydrogens (tertiary/aromatic N) is 1. The Bertz CT molecular complexity index is 974. The van der Waals surface area contributed by atoms with E-state index in [0.29, 0.717) is 5.75 Å². The molecule has 0 atom stereocenters. The number of carbonyl (C=O) groups excluding carboxylic acids is 1. The molecule has 0 aliphatic rings. The molecule has 0 aliphatic heterocycles. The molecule has 0 saturated carbocycles. The number of sulfone groups is 1. The first-order valence-corrected chi connectivity index (χ1v) is 10.8. The molecule has 0 aliphatic carbocycles. The van der Waals surface area contributed by atoms with Crippen molar-refractivity contribution in [1.29, 1.82) is 0 Å². The number of benzene rings is 2. The van der Waals surface area contributed by atoms with Gasteiger partial charge in [-0.25, -0.2) is 8.42 Å². The van der Waals surface area contributed by atoms with Crippen molar-refractivity contribution in [3.05, 3.63) is 58.1 Å². The van der Waals surface area contributed by atoms with Gasteiger partial charge in [0, 0.05) is 25.4 Å². The summed E-state index contributed by atoms with van der Waals surface area (Å²) in [6.07, 6.45) is 1.90. The smallest absolute Gasteiger partial charge is 0.293 e. The maximum Gasteiger partial charge on any atom is 0.293 e. The lowest BCUT2D eigenvalue weighted by Crippen LogP contribution is -2.32. The molecule has 2 rings (SSSR count). The van der Waals surface area contributed by atoms with E-state index in [1.807, 2.05) is 19.1 Å². The second-order valence-corrected chi connectivity index (χ2v) is 8.29. The first kappa shape index (κ1) is 22.2. The van der Waals surface area contributed by atoms with Crippen LogP contribution in [-0.2, 0) is 21.1 Å². The van der Waals surface area contributed by atoms with Crippen molar-refractivity contribution in [2.45, 2.75) is 18.2 Å². The predicted octanol–water partition coefficient (Wildman–Crippen LogP) is 2.17. The Morgan fingerprint density at radius 2 is 1.83 bits per heavy atom. The van der Waals surface area contributed by atoms with E-state index in [1.165, 1.54) is 17.7 Å². The zero-order valence-electron chi connectivity index (χ0n) is 16.2. The van der Waals surface area contributed by atoms with Crippen molar-refractivity contribution < 1.29 is 22.9 Å². The molecule has 29 heavy (non-hydrogen) atoms. The largest absolute Gasteiger partial charge is 0.484 e. The van der Waals surface area contributed by atoms with Crippen molar-refractivity contribution in [1.82, 2.24) is 5.32 Å². The van der Waals surface area contributed by atoms with E-state index in [0.717, 1.165) is 18.7 Å². The summed E-state index contributed by atoms with van der Waals surface area (Å²) in [5.74, 6) is 0.269. The van der Waals surface area contributed by atoms with E-state index >= 15 is 0 Å². The second-order valence-electron chi connectivity index (χ2n) is 6.27. The molecule has 0 aromatic heterocycles. The first-order chi connectivity index (χ1) is 13.7. The van der Waals surface area contributed by atoms with Gasteiger partial charge in [-0.05, 0) is 36.2 Å². The average Bonchev–Trinajstić information content (AvgIpc) is 2.69. The summed E-state index contributed by atoms with van der Waals surface area (Å²) in [5, 5.41) is 16.6. The molecule has 2 aromatic rings. The molecule has 0 fully saturated rings. The minimum absolute atomic E-state index is 0.132. The maximum absolute atomic E-state index is 11.8. The van der Waals surface area contributed by atoms with Gasteiger partial charge >= 0.3 is 0 Å². The number of nitrogens with one attached hydrogen (secondary N) is 2. The van der Waals surface area contributed by atoms with Crippen LogP contribution < -0.4 is 15.4 Å². The van der Waals surface area contributed by atoms with Gasteiger partial charge in [-0.1, -0.05) is 19.1 Å². The summed E-state index contributed by atoms with van der Waals surface area (Å²) in [5.41, 5.74) is 0.994. The minimum Gasteiger partial charge on any atom is -0.484 e. The Hall–Kier alpha value is -3.14. The Morgan fingerprint density at radius 3 is 2.41 bits per heavy atom. The lowest BCUT2D eigenvalue weighted by molar-refractivity contribution is -0.384. The molecule has 0 radical (unpaired) electrons. The van der Waals surface area contributed by atoms with Crippen LogP contribution in [0.4, 0.5) is 11.4 Å². The summed E-state index contributed by atoms with van der Waals surface area (Å²) in [4.78, 5) is 22.2. The molecule has 156 valence electrons. The van der Waals surface area contributed by atoms with E-state index in [2.05, 4.69) is 10.6 Å². The second kappa shape index (κ2) is 9.87. The van der Waals surface area contributed by atoms with Crippen LogP contribution in [0.15, 0.2) is 47.4 Å². The third kappa shape index (κ3) is 6.75. The highest BCUT2D eigenvalue weighted by molar-refractivity contribution is 7.90. The van der Waals surface area contributed by atoms with Gasteiger partial charge in [0.15, 0.2) is 16.4 Å². The first-order valence-electron chi connectivity index (χ1n) is 8.91. The topological polar surface area (TPSA) is 128 Å². The summed E-state index contributed by atoms with van der Waals surface area (Å²) in [7, 11) is -3.55. The van der Waals surface area contributed by atoms with E-state index < -0.39 is 14.8 Å². The standard InChI is InChI=1S/C19H23N3O6S/c1-3-14-4-6-15(7-5-14)28-13-19(23)21-11-10-20-17-9-8-16(29(2,26)27)12-18(17)22(24)25/h4-9,12,20H,3,10-11,13H2,1-2H3,(H,21,23). The molecule has 0 heterocycles. The number of hydrogen-bond acceptors (Lipinski definition) is 7. The lowest BCUT2D eigenvalue weighted by Gasteiger charge is -2.10. The van der Waals surface area contributed by atoms with Gasteiger partial charge in [0.25, 0.3) is 11.6 Å². The molecular weight excluding hydrogens is 398 g/mol. The fourth-order valence-corrected chi connectivity index (χ4v) is 3.10. The number of hydrogen-bond donors (Lipinski definition) is 2. The van der Waals surface area contributed by atoms with Gasteiger partial charge in [0.2, 0.25) is 0 Å². The molecule has 10 heteroatoms. The van der Waals surface area contributed by atoms with Gasteiger partial charge in [-0.2, -0.15) is 0 Å². The number of nitro benzene ring substituents is 1. The summed E-state index contributed by atoms with van der Waals surface area (Å²) in [6.45, 7) is 2.33. The van der Waals surface area contributed by atoms with Crippen molar-refractivity contribution >= 4 is 27.1 Å². The molecule has 0 bridgehead atoms. The Balaban J connectivity index is 1.82.